The van der Waals surface area contributed by atoms with Gasteiger partial charge in [0, 0.05) is 24.0 Å². The predicted octanol–water partition coefficient (Wildman–Crippen LogP) is 1.43. The molecule has 0 atom stereocenters. The van der Waals surface area contributed by atoms with Gasteiger partial charge in [0.05, 0.1) is 11.8 Å². The highest BCUT2D eigenvalue weighted by Gasteiger charge is 1.61. The van der Waals surface area contributed by atoms with E-state index in [1.54, 1.807) is 41.8 Å². The first kappa shape index (κ1) is 15.2. The maximum atomic E-state index is 4.36. The van der Waals surface area contributed by atoms with Crippen LogP contribution >= 0.6 is 11.3 Å². The lowest BCUT2D eigenvalue weighted by Crippen LogP contribution is -1.53. The minimum absolute atomic E-state index is 1.26. The molecular formula is C10H12N8OS. The Morgan fingerprint density at radius 2 is 1.85 bits per heavy atom. The summed E-state index contributed by atoms with van der Waals surface area (Å²) in [5.41, 5.74) is 1.79. The maximum absolute atomic E-state index is 4.36. The summed E-state index contributed by atoms with van der Waals surface area (Å²) in [5, 5.41) is 14.5. The maximum Gasteiger partial charge on any atom is 0.203 e. The lowest BCUT2D eigenvalue weighted by Gasteiger charge is -1.46. The van der Waals surface area contributed by atoms with Gasteiger partial charge in [0.2, 0.25) is 12.8 Å². The number of thiazole rings is 1. The summed E-state index contributed by atoms with van der Waals surface area (Å²) < 4.78 is 4.36. The van der Waals surface area contributed by atoms with Crippen molar-refractivity contribution in [3.63, 3.8) is 0 Å². The SMILES string of the molecule is c1c[nH]cn1.c1cscn1.c1nc[nH]n1.c1nnco1. The Kier molecular flexibility index (Phi) is 9.54. The molecule has 104 valence electrons. The summed E-state index contributed by atoms with van der Waals surface area (Å²) >= 11 is 1.60. The topological polar surface area (TPSA) is 122 Å². The average Bonchev–Trinajstić information content (AvgIpc) is 3.40. The van der Waals surface area contributed by atoms with Gasteiger partial charge in [-0.2, -0.15) is 5.10 Å². The number of imidazole rings is 1. The largest absolute Gasteiger partial charge is 0.431 e. The average molecular weight is 292 g/mol. The molecule has 4 aromatic heterocycles. The van der Waals surface area contributed by atoms with E-state index >= 15 is 0 Å². The summed E-state index contributed by atoms with van der Waals surface area (Å²) in [6, 6.07) is 0. The fraction of sp³-hybridized carbons (Fsp3) is 0. The molecule has 4 aromatic rings. The number of nitrogens with zero attached hydrogens (tertiary/aromatic N) is 6. The zero-order chi connectivity index (χ0) is 14.1. The number of hydrogen-bond acceptors (Lipinski definition) is 8. The summed E-state index contributed by atoms with van der Waals surface area (Å²) in [4.78, 5) is 13.7. The predicted molar refractivity (Wildman–Crippen MR) is 71.4 cm³/mol. The van der Waals surface area contributed by atoms with Crippen LogP contribution in [-0.4, -0.2) is 40.3 Å². The molecule has 10 heteroatoms. The molecule has 0 spiro atoms. The third-order valence-corrected chi connectivity index (χ3v) is 1.89. The van der Waals surface area contributed by atoms with Gasteiger partial charge in [-0.3, -0.25) is 10.1 Å². The van der Waals surface area contributed by atoms with Crippen LogP contribution in [-0.2, 0) is 0 Å². The van der Waals surface area contributed by atoms with Crippen molar-refractivity contribution >= 4 is 11.3 Å². The number of aromatic nitrogens is 8. The molecule has 0 aliphatic carbocycles. The summed E-state index contributed by atoms with van der Waals surface area (Å²) in [6.45, 7) is 0. The van der Waals surface area contributed by atoms with Crippen molar-refractivity contribution in [3.8, 4) is 0 Å². The lowest BCUT2D eigenvalue weighted by molar-refractivity contribution is 0.553. The van der Waals surface area contributed by atoms with E-state index in [9.17, 15) is 0 Å². The van der Waals surface area contributed by atoms with Crippen LogP contribution < -0.4 is 0 Å². The van der Waals surface area contributed by atoms with Crippen molar-refractivity contribution in [2.45, 2.75) is 0 Å². The Balaban J connectivity index is 0.000000133. The quantitative estimate of drug-likeness (QED) is 0.502. The summed E-state index contributed by atoms with van der Waals surface area (Å²) in [7, 11) is 0. The van der Waals surface area contributed by atoms with Crippen molar-refractivity contribution in [2.75, 3.05) is 0 Å². The molecule has 2 N–H and O–H groups in total. The minimum atomic E-state index is 1.26. The van der Waals surface area contributed by atoms with Gasteiger partial charge in [0.25, 0.3) is 0 Å². The lowest BCUT2D eigenvalue weighted by atomic mass is 11.0. The molecule has 0 amide bonds. The number of H-pyrrole nitrogens is 2. The Labute approximate surface area is 118 Å². The van der Waals surface area contributed by atoms with E-state index in [1.165, 1.54) is 25.4 Å². The third kappa shape index (κ3) is 10.3. The smallest absolute Gasteiger partial charge is 0.203 e. The molecule has 20 heavy (non-hydrogen) atoms. The van der Waals surface area contributed by atoms with E-state index < -0.39 is 0 Å². The molecule has 0 fully saturated rings. The zero-order valence-electron chi connectivity index (χ0n) is 10.3. The highest BCUT2D eigenvalue weighted by molar-refractivity contribution is 7.07. The normalized spacial score (nSPS) is 8.00. The summed E-state index contributed by atoms with van der Waals surface area (Å²) in [6.07, 6.45) is 12.3. The van der Waals surface area contributed by atoms with E-state index in [2.05, 4.69) is 44.7 Å². The monoisotopic (exact) mass is 292 g/mol. The highest BCUT2D eigenvalue weighted by Crippen LogP contribution is 1.85. The molecule has 4 heterocycles. The van der Waals surface area contributed by atoms with Crippen LogP contribution in [0.2, 0.25) is 0 Å². The first-order chi connectivity index (χ1) is 10.0. The Bertz CT molecular complexity index is 360. The van der Waals surface area contributed by atoms with Crippen molar-refractivity contribution in [3.05, 3.63) is 61.3 Å². The van der Waals surface area contributed by atoms with Crippen LogP contribution in [0.4, 0.5) is 0 Å². The van der Waals surface area contributed by atoms with E-state index in [4.69, 9.17) is 0 Å². The van der Waals surface area contributed by atoms with Gasteiger partial charge >= 0.3 is 0 Å². The van der Waals surface area contributed by atoms with Crippen molar-refractivity contribution < 1.29 is 4.42 Å². The fourth-order valence-electron chi connectivity index (χ4n) is 0.694. The van der Waals surface area contributed by atoms with Gasteiger partial charge < -0.3 is 9.40 Å². The van der Waals surface area contributed by atoms with E-state index in [0.29, 0.717) is 0 Å². The molecular weight excluding hydrogens is 280 g/mol. The highest BCUT2D eigenvalue weighted by atomic mass is 32.1. The fourth-order valence-corrected chi connectivity index (χ4v) is 1.04. The number of nitrogens with one attached hydrogen (secondary N) is 2. The Hall–Kier alpha value is -2.88. The standard InChI is InChI=1S/C3H4N2.C3H3NS.C2H3N3.C2H2N2O/c2*1-2-5-3-4-1;1-3-2-5-4-1;1-3-4-2-5-1/h1-3H,(H,4,5);1-3H;1-2H,(H,3,4,5);1-2H. The van der Waals surface area contributed by atoms with Gasteiger partial charge in [-0.1, -0.05) is 0 Å². The summed E-state index contributed by atoms with van der Waals surface area (Å²) in [5.74, 6) is 0. The van der Waals surface area contributed by atoms with Crippen LogP contribution in [0, 0.1) is 0 Å². The van der Waals surface area contributed by atoms with Crippen LogP contribution in [0.5, 0.6) is 0 Å². The second-order valence-corrected chi connectivity index (χ2v) is 3.42. The second-order valence-electron chi connectivity index (χ2n) is 2.67. The first-order valence-corrected chi connectivity index (χ1v) is 6.17. The number of aromatic amines is 2. The third-order valence-electron chi connectivity index (χ3n) is 1.37. The molecule has 0 aliphatic rings. The van der Waals surface area contributed by atoms with Crippen molar-refractivity contribution in [2.24, 2.45) is 0 Å². The van der Waals surface area contributed by atoms with Crippen LogP contribution in [0.1, 0.15) is 0 Å². The molecule has 0 bridgehead atoms. The van der Waals surface area contributed by atoms with E-state index in [0.717, 1.165) is 0 Å². The number of rotatable bonds is 0. The van der Waals surface area contributed by atoms with Gasteiger partial charge in [0.1, 0.15) is 12.7 Å². The van der Waals surface area contributed by atoms with Crippen LogP contribution in [0.25, 0.3) is 0 Å². The molecule has 9 nitrogen and oxygen atoms in total. The van der Waals surface area contributed by atoms with Crippen LogP contribution in [0.3, 0.4) is 0 Å². The molecule has 0 aromatic carbocycles. The van der Waals surface area contributed by atoms with Crippen molar-refractivity contribution in [1.29, 1.82) is 0 Å². The molecule has 0 unspecified atom stereocenters. The molecule has 0 saturated carbocycles. The first-order valence-electron chi connectivity index (χ1n) is 5.22. The Morgan fingerprint density at radius 1 is 0.950 bits per heavy atom. The van der Waals surface area contributed by atoms with E-state index in [-0.39, 0.29) is 0 Å². The second kappa shape index (κ2) is 12.6. The zero-order valence-corrected chi connectivity index (χ0v) is 11.1. The van der Waals surface area contributed by atoms with Gasteiger partial charge in [-0.05, 0) is 0 Å². The van der Waals surface area contributed by atoms with Crippen LogP contribution in [0.15, 0.2) is 65.7 Å². The minimum Gasteiger partial charge on any atom is -0.431 e. The van der Waals surface area contributed by atoms with Crippen molar-refractivity contribution in [1.82, 2.24) is 40.3 Å². The van der Waals surface area contributed by atoms with Gasteiger partial charge in [-0.25, -0.2) is 9.97 Å². The molecule has 4 rings (SSSR count). The number of hydrogen-bond donors (Lipinski definition) is 2. The Morgan fingerprint density at radius 3 is 2.05 bits per heavy atom. The van der Waals surface area contributed by atoms with Gasteiger partial charge in [-0.15, -0.1) is 21.5 Å². The van der Waals surface area contributed by atoms with E-state index in [1.807, 2.05) is 5.38 Å². The molecule has 0 saturated heterocycles. The van der Waals surface area contributed by atoms with Gasteiger partial charge in [0.15, 0.2) is 0 Å². The molecule has 0 radical (unpaired) electrons. The molecule has 0 aliphatic heterocycles.